The first-order valence-corrected chi connectivity index (χ1v) is 5.37. The summed E-state index contributed by atoms with van der Waals surface area (Å²) < 4.78 is 0. The minimum absolute atomic E-state index is 0.172. The van der Waals surface area contributed by atoms with Gasteiger partial charge in [0.1, 0.15) is 0 Å². The predicted octanol–water partition coefficient (Wildman–Crippen LogP) is 2.20. The van der Waals surface area contributed by atoms with E-state index in [1.54, 1.807) is 18.2 Å². The van der Waals surface area contributed by atoms with Crippen LogP contribution in [0.1, 0.15) is 12.8 Å². The Morgan fingerprint density at radius 2 is 1.93 bits per heavy atom. The van der Waals surface area contributed by atoms with Crippen LogP contribution >= 0.6 is 0 Å². The summed E-state index contributed by atoms with van der Waals surface area (Å²) in [5.74, 6) is 0.392. The average Bonchev–Trinajstić information content (AvgIpc) is 2.26. The minimum atomic E-state index is 0.172. The molecule has 0 bridgehead atoms. The maximum absolute atomic E-state index is 12.0. The zero-order chi connectivity index (χ0) is 11.3. The molecule has 0 spiro atoms. The van der Waals surface area contributed by atoms with Gasteiger partial charge in [0, 0.05) is 11.5 Å². The van der Waals surface area contributed by atoms with Gasteiger partial charge in [0.2, 0.25) is 0 Å². The highest BCUT2D eigenvalue weighted by atomic mass is 16.1. The van der Waals surface area contributed by atoms with Crippen molar-refractivity contribution in [2.75, 3.05) is 20.1 Å². The lowest BCUT2D eigenvalue weighted by Crippen LogP contribution is -2.33. The number of carbonyl (C=O) groups excluding carboxylic acids is 1. The van der Waals surface area contributed by atoms with Gasteiger partial charge >= 0.3 is 0 Å². The molecule has 0 atom stereocenters. The maximum Gasteiger partial charge on any atom is 0.166 e. The predicted molar refractivity (Wildman–Crippen MR) is 63.7 cm³/mol. The highest BCUT2D eigenvalue weighted by molar-refractivity contribution is 5.99. The van der Waals surface area contributed by atoms with Crippen molar-refractivity contribution in [1.82, 2.24) is 4.90 Å². The van der Waals surface area contributed by atoms with E-state index in [0.717, 1.165) is 25.9 Å². The molecule has 0 amide bonds. The van der Waals surface area contributed by atoms with E-state index in [-0.39, 0.29) is 11.7 Å². The van der Waals surface area contributed by atoms with Gasteiger partial charge in [0.05, 0.1) is 0 Å². The van der Waals surface area contributed by atoms with Gasteiger partial charge in [-0.2, -0.15) is 0 Å². The van der Waals surface area contributed by atoms with Gasteiger partial charge < -0.3 is 4.90 Å². The zero-order valence-electron chi connectivity index (χ0n) is 9.41. The Hall–Kier alpha value is -1.15. The van der Waals surface area contributed by atoms with Gasteiger partial charge in [-0.1, -0.05) is 31.4 Å². The van der Waals surface area contributed by atoms with Crippen LogP contribution in [0.3, 0.4) is 0 Å². The standard InChI is InChI=1S/C13H19NO/c1-4-6-11(5-2)13(15)12-7-9-14(3)10-8-12/h4-6,12H,1-2,7-10H2,3H3/b11-6+. The van der Waals surface area contributed by atoms with Crippen molar-refractivity contribution in [3.05, 3.63) is 37.0 Å². The second-order valence-corrected chi connectivity index (χ2v) is 4.00. The molecule has 0 saturated carbocycles. The molecule has 2 heteroatoms. The van der Waals surface area contributed by atoms with Crippen molar-refractivity contribution in [2.45, 2.75) is 12.8 Å². The largest absolute Gasteiger partial charge is 0.306 e. The zero-order valence-corrected chi connectivity index (χ0v) is 9.41. The molecule has 0 aliphatic carbocycles. The molecule has 0 N–H and O–H groups in total. The highest BCUT2D eigenvalue weighted by Crippen LogP contribution is 2.20. The average molecular weight is 205 g/mol. The van der Waals surface area contributed by atoms with Crippen LogP contribution in [0.5, 0.6) is 0 Å². The summed E-state index contributed by atoms with van der Waals surface area (Å²) in [6.45, 7) is 9.28. The van der Waals surface area contributed by atoms with E-state index in [1.807, 2.05) is 0 Å². The fraction of sp³-hybridized carbons (Fsp3) is 0.462. The first-order valence-electron chi connectivity index (χ1n) is 5.37. The number of carbonyl (C=O) groups is 1. The van der Waals surface area contributed by atoms with Crippen LogP contribution in [0.15, 0.2) is 37.0 Å². The van der Waals surface area contributed by atoms with E-state index in [0.29, 0.717) is 5.57 Å². The van der Waals surface area contributed by atoms with Crippen LogP contribution in [-0.2, 0) is 4.79 Å². The summed E-state index contributed by atoms with van der Waals surface area (Å²) in [5, 5.41) is 0. The van der Waals surface area contributed by atoms with Crippen molar-refractivity contribution in [3.8, 4) is 0 Å². The molecule has 2 nitrogen and oxygen atoms in total. The van der Waals surface area contributed by atoms with Crippen molar-refractivity contribution in [3.63, 3.8) is 0 Å². The molecule has 0 aromatic carbocycles. The van der Waals surface area contributed by atoms with Gasteiger partial charge in [-0.3, -0.25) is 4.79 Å². The molecule has 1 aliphatic heterocycles. The quantitative estimate of drug-likeness (QED) is 0.518. The van der Waals surface area contributed by atoms with E-state index in [9.17, 15) is 4.79 Å². The number of rotatable bonds is 4. The van der Waals surface area contributed by atoms with E-state index >= 15 is 0 Å². The normalized spacial score (nSPS) is 19.9. The fourth-order valence-corrected chi connectivity index (χ4v) is 1.88. The lowest BCUT2D eigenvalue weighted by molar-refractivity contribution is -0.120. The van der Waals surface area contributed by atoms with Crippen molar-refractivity contribution >= 4 is 5.78 Å². The molecule has 1 fully saturated rings. The summed E-state index contributed by atoms with van der Waals surface area (Å²) in [4.78, 5) is 14.3. The Balaban J connectivity index is 2.63. The van der Waals surface area contributed by atoms with Gasteiger partial charge in [-0.15, -0.1) is 0 Å². The number of likely N-dealkylation sites (tertiary alicyclic amines) is 1. The van der Waals surface area contributed by atoms with Crippen LogP contribution < -0.4 is 0 Å². The van der Waals surface area contributed by atoms with E-state index in [2.05, 4.69) is 25.1 Å². The molecule has 0 radical (unpaired) electrons. The summed E-state index contributed by atoms with van der Waals surface area (Å²) in [6.07, 6.45) is 6.93. The second-order valence-electron chi connectivity index (χ2n) is 4.00. The lowest BCUT2D eigenvalue weighted by Gasteiger charge is -2.28. The van der Waals surface area contributed by atoms with Crippen LogP contribution in [0, 0.1) is 5.92 Å². The number of ketones is 1. The summed E-state index contributed by atoms with van der Waals surface area (Å²) in [6, 6.07) is 0. The monoisotopic (exact) mass is 205 g/mol. The molecule has 1 aliphatic rings. The van der Waals surface area contributed by atoms with Crippen LogP contribution in [0.4, 0.5) is 0 Å². The summed E-state index contributed by atoms with van der Waals surface area (Å²) >= 11 is 0. The number of nitrogens with zero attached hydrogens (tertiary/aromatic N) is 1. The Bertz CT molecular complexity index is 283. The molecule has 82 valence electrons. The number of hydrogen-bond acceptors (Lipinski definition) is 2. The van der Waals surface area contributed by atoms with Crippen molar-refractivity contribution in [2.24, 2.45) is 5.92 Å². The number of allylic oxidation sites excluding steroid dienone is 4. The molecular weight excluding hydrogens is 186 g/mol. The second kappa shape index (κ2) is 5.66. The van der Waals surface area contributed by atoms with Gasteiger partial charge in [0.25, 0.3) is 0 Å². The molecule has 15 heavy (non-hydrogen) atoms. The van der Waals surface area contributed by atoms with E-state index in [1.165, 1.54) is 0 Å². The van der Waals surface area contributed by atoms with Crippen LogP contribution in [0.2, 0.25) is 0 Å². The molecule has 0 unspecified atom stereocenters. The Morgan fingerprint density at radius 1 is 1.33 bits per heavy atom. The number of hydrogen-bond donors (Lipinski definition) is 0. The summed E-state index contributed by atoms with van der Waals surface area (Å²) in [5.41, 5.74) is 0.694. The Morgan fingerprint density at radius 3 is 2.40 bits per heavy atom. The third-order valence-electron chi connectivity index (χ3n) is 2.89. The number of Topliss-reactive ketones (excluding diaryl/α,β-unsaturated/α-hetero) is 1. The summed E-state index contributed by atoms with van der Waals surface area (Å²) in [7, 11) is 2.09. The van der Waals surface area contributed by atoms with Crippen LogP contribution in [-0.4, -0.2) is 30.8 Å². The Labute approximate surface area is 92.0 Å². The first kappa shape index (κ1) is 11.9. The molecule has 1 saturated heterocycles. The smallest absolute Gasteiger partial charge is 0.166 e. The molecule has 1 heterocycles. The third-order valence-corrected chi connectivity index (χ3v) is 2.89. The highest BCUT2D eigenvalue weighted by Gasteiger charge is 2.24. The first-order chi connectivity index (χ1) is 7.19. The molecule has 0 aromatic rings. The van der Waals surface area contributed by atoms with E-state index in [4.69, 9.17) is 0 Å². The lowest BCUT2D eigenvalue weighted by atomic mass is 9.88. The molecule has 1 rings (SSSR count). The van der Waals surface area contributed by atoms with Crippen molar-refractivity contribution < 1.29 is 4.79 Å². The van der Waals surface area contributed by atoms with Gasteiger partial charge in [-0.05, 0) is 33.0 Å². The Kier molecular flexibility index (Phi) is 4.50. The fourth-order valence-electron chi connectivity index (χ4n) is 1.88. The maximum atomic E-state index is 12.0. The molecule has 0 aromatic heterocycles. The third kappa shape index (κ3) is 3.17. The van der Waals surface area contributed by atoms with Crippen LogP contribution in [0.25, 0.3) is 0 Å². The minimum Gasteiger partial charge on any atom is -0.306 e. The molecular formula is C13H19NO. The van der Waals surface area contributed by atoms with Crippen molar-refractivity contribution in [1.29, 1.82) is 0 Å². The van der Waals surface area contributed by atoms with Gasteiger partial charge in [0.15, 0.2) is 5.78 Å². The van der Waals surface area contributed by atoms with Gasteiger partial charge in [-0.25, -0.2) is 0 Å². The number of piperidine rings is 1. The topological polar surface area (TPSA) is 20.3 Å². The van der Waals surface area contributed by atoms with E-state index < -0.39 is 0 Å². The SMILES string of the molecule is C=C/C=C(\C=C)C(=O)C1CCN(C)CC1.